The minimum atomic E-state index is -3.87. The van der Waals surface area contributed by atoms with Crippen LogP contribution in [0.15, 0.2) is 42.5 Å². The van der Waals surface area contributed by atoms with Crippen LogP contribution in [0.5, 0.6) is 11.5 Å². The number of carbonyl (C=O) groups excluding carboxylic acids is 2. The van der Waals surface area contributed by atoms with Crippen molar-refractivity contribution in [2.24, 2.45) is 0 Å². The Morgan fingerprint density at radius 2 is 1.76 bits per heavy atom. The Bertz CT molecular complexity index is 1120. The second-order valence-electron chi connectivity index (χ2n) is 7.79. The molecule has 0 fully saturated rings. The third-order valence-corrected chi connectivity index (χ3v) is 6.70. The third-order valence-electron chi connectivity index (χ3n) is 5.57. The Morgan fingerprint density at radius 1 is 1.09 bits per heavy atom. The summed E-state index contributed by atoms with van der Waals surface area (Å²) in [6.07, 6.45) is 1.38. The third kappa shape index (κ3) is 6.40. The lowest BCUT2D eigenvalue weighted by Crippen LogP contribution is -2.51. The monoisotopic (exact) mass is 491 g/mol. The van der Waals surface area contributed by atoms with Crippen LogP contribution in [0.4, 0.5) is 5.69 Å². The average molecular weight is 492 g/mol. The molecule has 2 amide bonds. The molecule has 186 valence electrons. The Balaban J connectivity index is 2.51. The summed E-state index contributed by atoms with van der Waals surface area (Å²) in [5, 5.41) is 2.60. The molecule has 2 rings (SSSR count). The standard InChI is InChI=1S/C24H33N3O6S/c1-7-20(24(29)25-3)26(15-18-11-9-8-10-17(18)2)23(28)16-27(34(6,30)31)21-13-12-19(32-4)14-22(21)33-5/h8-14,20H,7,15-16H2,1-6H3,(H,25,29)/t20-/m1/s1. The maximum Gasteiger partial charge on any atom is 0.244 e. The van der Waals surface area contributed by atoms with Crippen molar-refractivity contribution in [3.05, 3.63) is 53.6 Å². The van der Waals surface area contributed by atoms with Crippen molar-refractivity contribution in [2.75, 3.05) is 38.4 Å². The number of anilines is 1. The summed E-state index contributed by atoms with van der Waals surface area (Å²) in [6, 6.07) is 11.4. The second-order valence-corrected chi connectivity index (χ2v) is 9.70. The lowest BCUT2D eigenvalue weighted by molar-refractivity contribution is -0.140. The zero-order valence-electron chi connectivity index (χ0n) is 20.5. The highest BCUT2D eigenvalue weighted by Gasteiger charge is 2.32. The average Bonchev–Trinajstić information content (AvgIpc) is 2.82. The van der Waals surface area contributed by atoms with Gasteiger partial charge in [0.2, 0.25) is 21.8 Å². The summed E-state index contributed by atoms with van der Waals surface area (Å²) in [5.74, 6) is -0.118. The summed E-state index contributed by atoms with van der Waals surface area (Å²) >= 11 is 0. The zero-order chi connectivity index (χ0) is 25.5. The molecule has 9 nitrogen and oxygen atoms in total. The molecule has 0 spiro atoms. The normalized spacial score (nSPS) is 11.9. The van der Waals surface area contributed by atoms with Crippen molar-refractivity contribution in [2.45, 2.75) is 32.9 Å². The van der Waals surface area contributed by atoms with E-state index in [1.165, 1.54) is 32.2 Å². The predicted octanol–water partition coefficient (Wildman–Crippen LogP) is 2.33. The van der Waals surface area contributed by atoms with Gasteiger partial charge in [-0.25, -0.2) is 8.42 Å². The van der Waals surface area contributed by atoms with Crippen molar-refractivity contribution in [3.8, 4) is 11.5 Å². The number of amides is 2. The molecule has 0 aliphatic rings. The molecule has 0 saturated heterocycles. The quantitative estimate of drug-likeness (QED) is 0.517. The first-order chi connectivity index (χ1) is 16.1. The molecule has 0 radical (unpaired) electrons. The largest absolute Gasteiger partial charge is 0.497 e. The number of hydrogen-bond donors (Lipinski definition) is 1. The summed E-state index contributed by atoms with van der Waals surface area (Å²) in [4.78, 5) is 27.6. The van der Waals surface area contributed by atoms with Crippen LogP contribution in [-0.2, 0) is 26.2 Å². The Labute approximate surface area is 201 Å². The predicted molar refractivity (Wildman–Crippen MR) is 132 cm³/mol. The molecule has 0 aliphatic carbocycles. The van der Waals surface area contributed by atoms with E-state index in [4.69, 9.17) is 9.47 Å². The van der Waals surface area contributed by atoms with E-state index in [0.717, 1.165) is 21.7 Å². The number of nitrogens with one attached hydrogen (secondary N) is 1. The van der Waals surface area contributed by atoms with Crippen LogP contribution in [0.1, 0.15) is 24.5 Å². The number of benzene rings is 2. The van der Waals surface area contributed by atoms with Crippen molar-refractivity contribution in [1.29, 1.82) is 0 Å². The van der Waals surface area contributed by atoms with Gasteiger partial charge in [0, 0.05) is 19.7 Å². The number of hydrogen-bond acceptors (Lipinski definition) is 6. The van der Waals surface area contributed by atoms with Gasteiger partial charge >= 0.3 is 0 Å². The minimum Gasteiger partial charge on any atom is -0.497 e. The molecule has 0 bridgehead atoms. The van der Waals surface area contributed by atoms with E-state index in [0.29, 0.717) is 12.2 Å². The van der Waals surface area contributed by atoms with Gasteiger partial charge in [0.05, 0.1) is 26.2 Å². The number of ether oxygens (including phenoxy) is 2. The highest BCUT2D eigenvalue weighted by atomic mass is 32.2. The lowest BCUT2D eigenvalue weighted by atomic mass is 10.1. The van der Waals surface area contributed by atoms with Crippen LogP contribution in [0, 0.1) is 6.92 Å². The SMILES string of the molecule is CC[C@H](C(=O)NC)N(Cc1ccccc1C)C(=O)CN(c1ccc(OC)cc1OC)S(C)(=O)=O. The molecule has 0 aromatic heterocycles. The van der Waals surface area contributed by atoms with E-state index in [1.807, 2.05) is 31.2 Å². The molecule has 2 aromatic rings. The van der Waals surface area contributed by atoms with E-state index >= 15 is 0 Å². The molecule has 10 heteroatoms. The van der Waals surface area contributed by atoms with Crippen LogP contribution < -0.4 is 19.1 Å². The van der Waals surface area contributed by atoms with E-state index in [2.05, 4.69) is 5.32 Å². The number of methoxy groups -OCH3 is 2. The summed E-state index contributed by atoms with van der Waals surface area (Å²) in [6.45, 7) is 3.39. The molecule has 34 heavy (non-hydrogen) atoms. The van der Waals surface area contributed by atoms with Crippen LogP contribution >= 0.6 is 0 Å². The topological polar surface area (TPSA) is 105 Å². The number of aryl methyl sites for hydroxylation is 1. The van der Waals surface area contributed by atoms with Crippen LogP contribution in [-0.4, -0.2) is 65.2 Å². The number of rotatable bonds is 11. The molecule has 0 aliphatic heterocycles. The molecule has 1 atom stereocenters. The maximum atomic E-state index is 13.6. The van der Waals surface area contributed by atoms with Gasteiger partial charge in [-0.2, -0.15) is 0 Å². The van der Waals surface area contributed by atoms with Gasteiger partial charge in [0.15, 0.2) is 0 Å². The Kier molecular flexibility index (Phi) is 9.31. The van der Waals surface area contributed by atoms with E-state index in [9.17, 15) is 18.0 Å². The number of sulfonamides is 1. The van der Waals surface area contributed by atoms with Crippen LogP contribution in [0.2, 0.25) is 0 Å². The molecule has 0 unspecified atom stereocenters. The van der Waals surface area contributed by atoms with Crippen molar-refractivity contribution >= 4 is 27.5 Å². The van der Waals surface area contributed by atoms with Gasteiger partial charge in [0.25, 0.3) is 0 Å². The van der Waals surface area contributed by atoms with E-state index < -0.39 is 28.5 Å². The first kappa shape index (κ1) is 27.0. The highest BCUT2D eigenvalue weighted by molar-refractivity contribution is 7.92. The lowest BCUT2D eigenvalue weighted by Gasteiger charge is -2.33. The van der Waals surface area contributed by atoms with E-state index in [-0.39, 0.29) is 23.9 Å². The first-order valence-corrected chi connectivity index (χ1v) is 12.7. The number of likely N-dealkylation sites (N-methyl/N-ethyl adjacent to an activating group) is 1. The van der Waals surface area contributed by atoms with Crippen LogP contribution in [0.25, 0.3) is 0 Å². The van der Waals surface area contributed by atoms with E-state index in [1.54, 1.807) is 19.1 Å². The van der Waals surface area contributed by atoms with Gasteiger partial charge in [-0.3, -0.25) is 13.9 Å². The number of carbonyl (C=O) groups is 2. The smallest absolute Gasteiger partial charge is 0.244 e. The Morgan fingerprint density at radius 3 is 2.29 bits per heavy atom. The van der Waals surface area contributed by atoms with Gasteiger partial charge in [-0.15, -0.1) is 0 Å². The van der Waals surface area contributed by atoms with Gasteiger partial charge in [-0.05, 0) is 36.6 Å². The fraction of sp³-hybridized carbons (Fsp3) is 0.417. The van der Waals surface area contributed by atoms with Crippen LogP contribution in [0.3, 0.4) is 0 Å². The second kappa shape index (κ2) is 11.7. The summed E-state index contributed by atoms with van der Waals surface area (Å²) in [5.41, 5.74) is 2.03. The molecule has 1 N–H and O–H groups in total. The fourth-order valence-electron chi connectivity index (χ4n) is 3.64. The summed E-state index contributed by atoms with van der Waals surface area (Å²) < 4.78 is 37.0. The minimum absolute atomic E-state index is 0.161. The maximum absolute atomic E-state index is 13.6. The summed E-state index contributed by atoms with van der Waals surface area (Å²) in [7, 11) is 0.525. The molecule has 2 aromatic carbocycles. The first-order valence-electron chi connectivity index (χ1n) is 10.8. The van der Waals surface area contributed by atoms with Gasteiger partial charge in [0.1, 0.15) is 24.1 Å². The van der Waals surface area contributed by atoms with Crippen molar-refractivity contribution in [1.82, 2.24) is 10.2 Å². The molecular formula is C24H33N3O6S. The van der Waals surface area contributed by atoms with Crippen molar-refractivity contribution in [3.63, 3.8) is 0 Å². The highest BCUT2D eigenvalue weighted by Crippen LogP contribution is 2.33. The zero-order valence-corrected chi connectivity index (χ0v) is 21.3. The van der Waals surface area contributed by atoms with Crippen molar-refractivity contribution < 1.29 is 27.5 Å². The fourth-order valence-corrected chi connectivity index (χ4v) is 4.50. The molecular weight excluding hydrogens is 458 g/mol. The van der Waals surface area contributed by atoms with Gasteiger partial charge < -0.3 is 19.7 Å². The number of nitrogens with zero attached hydrogens (tertiary/aromatic N) is 2. The Hall–Kier alpha value is -3.27. The van der Waals surface area contributed by atoms with Gasteiger partial charge in [-0.1, -0.05) is 31.2 Å². The molecule has 0 saturated carbocycles. The molecule has 0 heterocycles.